The lowest BCUT2D eigenvalue weighted by atomic mass is 10.1. The topological polar surface area (TPSA) is 49.0 Å². The maximum absolute atomic E-state index is 12.5. The minimum atomic E-state index is 0.102. The van der Waals surface area contributed by atoms with Gasteiger partial charge in [-0.3, -0.25) is 4.79 Å². The Morgan fingerprint density at radius 3 is 2.87 bits per heavy atom. The van der Waals surface area contributed by atoms with Crippen molar-refractivity contribution in [1.29, 1.82) is 0 Å². The number of hydrogen-bond acceptors (Lipinski definition) is 3. The summed E-state index contributed by atoms with van der Waals surface area (Å²) in [5.41, 5.74) is 2.99. The number of likely N-dealkylation sites (N-methyl/N-ethyl adjacent to an activating group) is 1. The first kappa shape index (κ1) is 15.6. The molecule has 3 aromatic rings. The molecule has 0 saturated carbocycles. The number of carbonyl (C=O) groups excluding carboxylic acids is 1. The summed E-state index contributed by atoms with van der Waals surface area (Å²) in [5, 5.41) is 1.01. The van der Waals surface area contributed by atoms with E-state index in [0.717, 1.165) is 16.6 Å². The van der Waals surface area contributed by atoms with Crippen molar-refractivity contribution in [1.82, 2.24) is 14.9 Å². The molecule has 0 fully saturated rings. The van der Waals surface area contributed by atoms with Crippen LogP contribution in [-0.4, -0.2) is 34.1 Å². The van der Waals surface area contributed by atoms with E-state index in [-0.39, 0.29) is 5.91 Å². The van der Waals surface area contributed by atoms with Crippen LogP contribution in [0.3, 0.4) is 0 Å². The van der Waals surface area contributed by atoms with Crippen molar-refractivity contribution in [3.63, 3.8) is 0 Å². The van der Waals surface area contributed by atoms with Crippen LogP contribution in [0.15, 0.2) is 53.7 Å². The maximum atomic E-state index is 12.5. The number of pyridine rings is 1. The van der Waals surface area contributed by atoms with E-state index in [1.54, 1.807) is 22.9 Å². The fraction of sp³-hybridized carbons (Fsp3) is 0.222. The molecule has 2 aromatic heterocycles. The quantitative estimate of drug-likeness (QED) is 0.731. The highest BCUT2D eigenvalue weighted by Gasteiger charge is 2.14. The van der Waals surface area contributed by atoms with Gasteiger partial charge in [0.15, 0.2) is 0 Å². The molecule has 0 aliphatic rings. The van der Waals surface area contributed by atoms with E-state index in [4.69, 9.17) is 0 Å². The van der Waals surface area contributed by atoms with Crippen LogP contribution in [0.25, 0.3) is 11.0 Å². The van der Waals surface area contributed by atoms with Gasteiger partial charge in [0, 0.05) is 36.3 Å². The lowest BCUT2D eigenvalue weighted by Gasteiger charge is -2.18. The smallest absolute Gasteiger partial charge is 0.227 e. The molecule has 1 N–H and O–H groups in total. The van der Waals surface area contributed by atoms with Crippen LogP contribution in [0.5, 0.6) is 0 Å². The van der Waals surface area contributed by atoms with Crippen molar-refractivity contribution in [2.24, 2.45) is 0 Å². The van der Waals surface area contributed by atoms with Gasteiger partial charge in [-0.15, -0.1) is 11.8 Å². The van der Waals surface area contributed by atoms with E-state index < -0.39 is 0 Å². The van der Waals surface area contributed by atoms with Crippen molar-refractivity contribution in [3.8, 4) is 0 Å². The summed E-state index contributed by atoms with van der Waals surface area (Å²) < 4.78 is 0. The normalized spacial score (nSPS) is 10.9. The Morgan fingerprint density at radius 1 is 1.22 bits per heavy atom. The minimum absolute atomic E-state index is 0.102. The summed E-state index contributed by atoms with van der Waals surface area (Å²) in [4.78, 5) is 22.9. The van der Waals surface area contributed by atoms with Gasteiger partial charge < -0.3 is 9.88 Å². The third kappa shape index (κ3) is 3.40. The molecule has 0 spiro atoms. The molecule has 0 saturated heterocycles. The highest BCUT2D eigenvalue weighted by molar-refractivity contribution is 7.98. The molecule has 0 aliphatic carbocycles. The van der Waals surface area contributed by atoms with E-state index in [2.05, 4.69) is 28.4 Å². The predicted molar refractivity (Wildman–Crippen MR) is 94.5 cm³/mol. The summed E-state index contributed by atoms with van der Waals surface area (Å²) >= 11 is 1.71. The van der Waals surface area contributed by atoms with E-state index in [1.165, 1.54) is 10.5 Å². The molecule has 0 atom stereocenters. The lowest BCUT2D eigenvalue weighted by Crippen LogP contribution is -2.27. The number of thioether (sulfide) groups is 1. The van der Waals surface area contributed by atoms with Gasteiger partial charge >= 0.3 is 0 Å². The zero-order valence-electron chi connectivity index (χ0n) is 13.2. The van der Waals surface area contributed by atoms with Crippen molar-refractivity contribution in [2.45, 2.75) is 17.9 Å². The summed E-state index contributed by atoms with van der Waals surface area (Å²) in [5.74, 6) is 0.102. The molecule has 0 unspecified atom stereocenters. The molecule has 3 rings (SSSR count). The van der Waals surface area contributed by atoms with Crippen LogP contribution >= 0.6 is 11.8 Å². The number of fused-ring (bicyclic) bond motifs is 1. The molecule has 0 bridgehead atoms. The average Bonchev–Trinajstić information content (AvgIpc) is 2.98. The molecule has 23 heavy (non-hydrogen) atoms. The van der Waals surface area contributed by atoms with Crippen LogP contribution in [-0.2, 0) is 17.8 Å². The first-order chi connectivity index (χ1) is 11.2. The molecule has 2 heterocycles. The summed E-state index contributed by atoms with van der Waals surface area (Å²) in [6, 6.07) is 12.1. The number of carbonyl (C=O) groups is 1. The number of benzene rings is 1. The van der Waals surface area contributed by atoms with E-state index >= 15 is 0 Å². The number of aromatic nitrogens is 2. The Kier molecular flexibility index (Phi) is 4.67. The van der Waals surface area contributed by atoms with E-state index in [0.29, 0.717) is 13.0 Å². The maximum Gasteiger partial charge on any atom is 0.227 e. The fourth-order valence-electron chi connectivity index (χ4n) is 2.63. The Labute approximate surface area is 139 Å². The molecular weight excluding hydrogens is 306 g/mol. The standard InChI is InChI=1S/C18H19N3OS/c1-21(12-13-6-3-4-8-16(13)23-2)17(22)10-14-11-20-18-15(14)7-5-9-19-18/h3-9,11H,10,12H2,1-2H3,(H,19,20). The third-order valence-corrected chi connectivity index (χ3v) is 4.74. The number of H-pyrrole nitrogens is 1. The SMILES string of the molecule is CSc1ccccc1CN(C)C(=O)Cc1c[nH]c2ncccc12. The minimum Gasteiger partial charge on any atom is -0.346 e. The van der Waals surface area contributed by atoms with Gasteiger partial charge in [0.05, 0.1) is 6.42 Å². The number of hydrogen-bond donors (Lipinski definition) is 1. The lowest BCUT2D eigenvalue weighted by molar-refractivity contribution is -0.129. The van der Waals surface area contributed by atoms with Gasteiger partial charge in [0.1, 0.15) is 5.65 Å². The molecule has 4 nitrogen and oxygen atoms in total. The van der Waals surface area contributed by atoms with Crippen LogP contribution < -0.4 is 0 Å². The van der Waals surface area contributed by atoms with Crippen LogP contribution in [0, 0.1) is 0 Å². The van der Waals surface area contributed by atoms with Gasteiger partial charge in [-0.05, 0) is 35.6 Å². The van der Waals surface area contributed by atoms with Crippen molar-refractivity contribution < 1.29 is 4.79 Å². The molecule has 0 radical (unpaired) electrons. The number of amides is 1. The van der Waals surface area contributed by atoms with Gasteiger partial charge in [-0.2, -0.15) is 0 Å². The average molecular weight is 325 g/mol. The first-order valence-corrected chi connectivity index (χ1v) is 8.68. The highest BCUT2D eigenvalue weighted by atomic mass is 32.2. The third-order valence-electron chi connectivity index (χ3n) is 3.90. The molecule has 1 aromatic carbocycles. The number of nitrogens with zero attached hydrogens (tertiary/aromatic N) is 2. The highest BCUT2D eigenvalue weighted by Crippen LogP contribution is 2.22. The van der Waals surface area contributed by atoms with Gasteiger partial charge in [-0.25, -0.2) is 4.98 Å². The van der Waals surface area contributed by atoms with Gasteiger partial charge in [0.25, 0.3) is 0 Å². The zero-order chi connectivity index (χ0) is 16.2. The fourth-order valence-corrected chi connectivity index (χ4v) is 3.24. The Morgan fingerprint density at radius 2 is 2.04 bits per heavy atom. The summed E-state index contributed by atoms with van der Waals surface area (Å²) in [7, 11) is 1.85. The van der Waals surface area contributed by atoms with Crippen molar-refractivity contribution in [2.75, 3.05) is 13.3 Å². The zero-order valence-corrected chi connectivity index (χ0v) is 14.1. The van der Waals surface area contributed by atoms with Crippen LogP contribution in [0.1, 0.15) is 11.1 Å². The number of aromatic amines is 1. The number of nitrogens with one attached hydrogen (secondary N) is 1. The largest absolute Gasteiger partial charge is 0.346 e. The Bertz CT molecular complexity index is 828. The predicted octanol–water partition coefficient (Wildman–Crippen LogP) is 3.49. The van der Waals surface area contributed by atoms with E-state index in [1.807, 2.05) is 37.5 Å². The van der Waals surface area contributed by atoms with E-state index in [9.17, 15) is 4.79 Å². The molecule has 118 valence electrons. The molecule has 0 aliphatic heterocycles. The Hall–Kier alpha value is -2.27. The van der Waals surface area contributed by atoms with Gasteiger partial charge in [-0.1, -0.05) is 18.2 Å². The molecular formula is C18H19N3OS. The van der Waals surface area contributed by atoms with Crippen molar-refractivity contribution >= 4 is 28.7 Å². The molecule has 1 amide bonds. The van der Waals surface area contributed by atoms with Crippen LogP contribution in [0.2, 0.25) is 0 Å². The second kappa shape index (κ2) is 6.87. The second-order valence-corrected chi connectivity index (χ2v) is 6.30. The van der Waals surface area contributed by atoms with Crippen molar-refractivity contribution in [3.05, 3.63) is 59.9 Å². The van der Waals surface area contributed by atoms with Gasteiger partial charge in [0.2, 0.25) is 5.91 Å². The molecule has 5 heteroatoms. The monoisotopic (exact) mass is 325 g/mol. The second-order valence-electron chi connectivity index (χ2n) is 5.45. The Balaban J connectivity index is 1.73. The summed E-state index contributed by atoms with van der Waals surface area (Å²) in [6.45, 7) is 0.621. The summed E-state index contributed by atoms with van der Waals surface area (Å²) in [6.07, 6.45) is 6.05. The number of rotatable bonds is 5. The van der Waals surface area contributed by atoms with Crippen LogP contribution in [0.4, 0.5) is 0 Å². The first-order valence-electron chi connectivity index (χ1n) is 7.46.